The molecule has 174 valence electrons. The van der Waals surface area contributed by atoms with Crippen molar-refractivity contribution >= 4 is 17.8 Å². The second-order valence-corrected chi connectivity index (χ2v) is 8.87. The van der Waals surface area contributed by atoms with Gasteiger partial charge < -0.3 is 20.5 Å². The van der Waals surface area contributed by atoms with Gasteiger partial charge in [0.2, 0.25) is 0 Å². The van der Waals surface area contributed by atoms with Crippen molar-refractivity contribution in [3.63, 3.8) is 0 Å². The third kappa shape index (κ3) is 6.34. The summed E-state index contributed by atoms with van der Waals surface area (Å²) < 4.78 is 5.94. The van der Waals surface area contributed by atoms with E-state index in [0.717, 1.165) is 12.8 Å². The lowest BCUT2D eigenvalue weighted by Crippen LogP contribution is -2.34. The van der Waals surface area contributed by atoms with Crippen molar-refractivity contribution < 1.29 is 24.2 Å². The van der Waals surface area contributed by atoms with E-state index in [4.69, 9.17) is 9.84 Å². The number of carboxylic acid groups (broad SMARTS) is 1. The number of benzene rings is 2. The first kappa shape index (κ1) is 22.8. The fraction of sp³-hybridized carbons (Fsp3) is 0.423. The standard InChI is InChI=1S/C26H30N2O5/c29-24(27-14-15-28-25(30)21-3-1-2-20(16-21)17-4-5-17)18-6-10-22(11-7-18)33-23-12-8-19(9-13-23)26(31)32/h1-3,6-7,10-11,16-17,19,23H,4-5,8-9,12-15H2,(H,27,29)(H,28,30)(H,31,32). The van der Waals surface area contributed by atoms with E-state index in [1.165, 1.54) is 18.4 Å². The lowest BCUT2D eigenvalue weighted by Gasteiger charge is -2.26. The molecule has 2 aliphatic carbocycles. The summed E-state index contributed by atoms with van der Waals surface area (Å²) in [5, 5.41) is 14.7. The molecule has 0 heterocycles. The Bertz CT molecular complexity index is 992. The first-order valence-corrected chi connectivity index (χ1v) is 11.7. The van der Waals surface area contributed by atoms with Gasteiger partial charge in [0.15, 0.2) is 0 Å². The molecule has 0 saturated heterocycles. The van der Waals surface area contributed by atoms with Gasteiger partial charge in [-0.25, -0.2) is 0 Å². The number of rotatable bonds is 9. The topological polar surface area (TPSA) is 105 Å². The van der Waals surface area contributed by atoms with Crippen molar-refractivity contribution in [1.29, 1.82) is 0 Å². The minimum atomic E-state index is -0.730. The number of carbonyl (C=O) groups excluding carboxylic acids is 2. The van der Waals surface area contributed by atoms with Crippen LogP contribution in [0.2, 0.25) is 0 Å². The van der Waals surface area contributed by atoms with Gasteiger partial charge in [-0.05, 0) is 86.4 Å². The van der Waals surface area contributed by atoms with Crippen molar-refractivity contribution in [1.82, 2.24) is 10.6 Å². The molecule has 4 rings (SSSR count). The second kappa shape index (κ2) is 10.5. The van der Waals surface area contributed by atoms with Crippen LogP contribution in [0.4, 0.5) is 0 Å². The Morgan fingerprint density at radius 1 is 0.818 bits per heavy atom. The number of ether oxygens (including phenoxy) is 1. The van der Waals surface area contributed by atoms with E-state index < -0.39 is 5.97 Å². The molecule has 2 saturated carbocycles. The smallest absolute Gasteiger partial charge is 0.306 e. The molecule has 0 radical (unpaired) electrons. The van der Waals surface area contributed by atoms with E-state index in [0.29, 0.717) is 48.7 Å². The van der Waals surface area contributed by atoms with Crippen molar-refractivity contribution in [2.75, 3.05) is 13.1 Å². The van der Waals surface area contributed by atoms with E-state index in [-0.39, 0.29) is 23.8 Å². The quantitative estimate of drug-likeness (QED) is 0.505. The Kier molecular flexibility index (Phi) is 7.27. The lowest BCUT2D eigenvalue weighted by atomic mass is 9.87. The van der Waals surface area contributed by atoms with Gasteiger partial charge >= 0.3 is 5.97 Å². The lowest BCUT2D eigenvalue weighted by molar-refractivity contribution is -0.143. The summed E-state index contributed by atoms with van der Waals surface area (Å²) in [7, 11) is 0. The molecule has 0 unspecified atom stereocenters. The van der Waals surface area contributed by atoms with Crippen molar-refractivity contribution in [3.05, 3.63) is 65.2 Å². The van der Waals surface area contributed by atoms with E-state index >= 15 is 0 Å². The minimum absolute atomic E-state index is 0.00820. The van der Waals surface area contributed by atoms with Crippen LogP contribution in [-0.4, -0.2) is 42.1 Å². The first-order chi connectivity index (χ1) is 16.0. The van der Waals surface area contributed by atoms with Crippen molar-refractivity contribution in [2.24, 2.45) is 5.92 Å². The Balaban J connectivity index is 1.17. The first-order valence-electron chi connectivity index (χ1n) is 11.7. The maximum absolute atomic E-state index is 12.4. The number of amides is 2. The third-order valence-electron chi connectivity index (χ3n) is 6.34. The normalized spacial score (nSPS) is 20.0. The van der Waals surface area contributed by atoms with E-state index in [1.54, 1.807) is 30.3 Å². The molecule has 33 heavy (non-hydrogen) atoms. The average Bonchev–Trinajstić information content (AvgIpc) is 3.68. The summed E-state index contributed by atoms with van der Waals surface area (Å²) in [5.74, 6) is -0.0781. The molecule has 2 amide bonds. The molecule has 0 aromatic heterocycles. The Labute approximate surface area is 193 Å². The maximum atomic E-state index is 12.4. The van der Waals surface area contributed by atoms with Gasteiger partial charge in [-0.1, -0.05) is 12.1 Å². The molecule has 7 nitrogen and oxygen atoms in total. The van der Waals surface area contributed by atoms with Gasteiger partial charge in [0, 0.05) is 24.2 Å². The summed E-state index contributed by atoms with van der Waals surface area (Å²) >= 11 is 0. The average molecular weight is 451 g/mol. The molecular weight excluding hydrogens is 420 g/mol. The van der Waals surface area contributed by atoms with Crippen LogP contribution in [0.5, 0.6) is 5.75 Å². The van der Waals surface area contributed by atoms with E-state index in [2.05, 4.69) is 16.7 Å². The maximum Gasteiger partial charge on any atom is 0.306 e. The highest BCUT2D eigenvalue weighted by molar-refractivity contribution is 5.95. The molecule has 7 heteroatoms. The summed E-state index contributed by atoms with van der Waals surface area (Å²) in [5.41, 5.74) is 2.38. The predicted octanol–water partition coefficient (Wildman–Crippen LogP) is 3.75. The Morgan fingerprint density at radius 3 is 2.06 bits per heavy atom. The Hall–Kier alpha value is -3.35. The minimum Gasteiger partial charge on any atom is -0.490 e. The molecule has 0 atom stereocenters. The molecule has 2 aromatic rings. The summed E-state index contributed by atoms with van der Waals surface area (Å²) in [6, 6.07) is 14.7. The van der Waals surface area contributed by atoms with E-state index in [1.807, 2.05) is 12.1 Å². The molecular formula is C26H30N2O5. The van der Waals surface area contributed by atoms with Crippen LogP contribution < -0.4 is 15.4 Å². The molecule has 0 spiro atoms. The number of carbonyl (C=O) groups is 3. The zero-order chi connectivity index (χ0) is 23.2. The summed E-state index contributed by atoms with van der Waals surface area (Å²) in [6.45, 7) is 0.677. The Morgan fingerprint density at radius 2 is 1.45 bits per heavy atom. The van der Waals surface area contributed by atoms with Gasteiger partial charge in [-0.2, -0.15) is 0 Å². The number of nitrogens with one attached hydrogen (secondary N) is 2. The number of hydrogen-bond acceptors (Lipinski definition) is 4. The van der Waals surface area contributed by atoms with Crippen LogP contribution >= 0.6 is 0 Å². The van der Waals surface area contributed by atoms with Gasteiger partial charge in [0.1, 0.15) is 5.75 Å². The van der Waals surface area contributed by atoms with Crippen LogP contribution in [-0.2, 0) is 4.79 Å². The van der Waals surface area contributed by atoms with E-state index in [9.17, 15) is 14.4 Å². The van der Waals surface area contributed by atoms with Crippen LogP contribution in [0.25, 0.3) is 0 Å². The van der Waals surface area contributed by atoms with Crippen molar-refractivity contribution in [3.8, 4) is 5.75 Å². The van der Waals surface area contributed by atoms with Crippen LogP contribution in [0, 0.1) is 5.92 Å². The van der Waals surface area contributed by atoms with Crippen LogP contribution in [0.3, 0.4) is 0 Å². The molecule has 2 fully saturated rings. The number of aliphatic carboxylic acids is 1. The molecule has 0 bridgehead atoms. The van der Waals surface area contributed by atoms with Crippen LogP contribution in [0.15, 0.2) is 48.5 Å². The van der Waals surface area contributed by atoms with Gasteiger partial charge in [-0.3, -0.25) is 14.4 Å². The highest BCUT2D eigenvalue weighted by atomic mass is 16.5. The largest absolute Gasteiger partial charge is 0.490 e. The predicted molar refractivity (Wildman–Crippen MR) is 124 cm³/mol. The zero-order valence-corrected chi connectivity index (χ0v) is 18.6. The summed E-state index contributed by atoms with van der Waals surface area (Å²) in [4.78, 5) is 35.8. The fourth-order valence-electron chi connectivity index (χ4n) is 4.21. The SMILES string of the molecule is O=C(NCCNC(=O)c1cccc(C2CC2)c1)c1ccc(OC2CCC(C(=O)O)CC2)cc1. The van der Waals surface area contributed by atoms with Gasteiger partial charge in [0.25, 0.3) is 11.8 Å². The van der Waals surface area contributed by atoms with Gasteiger partial charge in [-0.15, -0.1) is 0 Å². The second-order valence-electron chi connectivity index (χ2n) is 8.87. The summed E-state index contributed by atoms with van der Waals surface area (Å²) in [6.07, 6.45) is 5.09. The third-order valence-corrected chi connectivity index (χ3v) is 6.34. The molecule has 2 aliphatic rings. The highest BCUT2D eigenvalue weighted by Crippen LogP contribution is 2.40. The number of hydrogen-bond donors (Lipinski definition) is 3. The number of carboxylic acids is 1. The van der Waals surface area contributed by atoms with Crippen molar-refractivity contribution in [2.45, 2.75) is 50.5 Å². The highest BCUT2D eigenvalue weighted by Gasteiger charge is 2.27. The fourth-order valence-corrected chi connectivity index (χ4v) is 4.21. The van der Waals surface area contributed by atoms with Gasteiger partial charge in [0.05, 0.1) is 12.0 Å². The molecule has 2 aromatic carbocycles. The zero-order valence-electron chi connectivity index (χ0n) is 18.6. The molecule has 3 N–H and O–H groups in total. The monoisotopic (exact) mass is 450 g/mol. The molecule has 0 aliphatic heterocycles. The van der Waals surface area contributed by atoms with Crippen LogP contribution in [0.1, 0.15) is 70.7 Å².